The quantitative estimate of drug-likeness (QED) is 0.693. The van der Waals surface area contributed by atoms with Crippen molar-refractivity contribution in [1.82, 2.24) is 4.31 Å². The fourth-order valence-corrected chi connectivity index (χ4v) is 6.44. The Morgan fingerprint density at radius 1 is 1.04 bits per heavy atom. The second kappa shape index (κ2) is 7.69. The van der Waals surface area contributed by atoms with Gasteiger partial charge in [0.1, 0.15) is 0 Å². The maximum absolute atomic E-state index is 13.0. The number of piperidine rings is 1. The average molecular weight is 434 g/mol. The summed E-state index contributed by atoms with van der Waals surface area (Å²) in [6, 6.07) is 17.5. The Morgan fingerprint density at radius 3 is 2.35 bits per heavy atom. The summed E-state index contributed by atoms with van der Waals surface area (Å²) in [5.74, 6) is 0. The number of hydrogen-bond acceptors (Lipinski definition) is 2. The molecule has 0 bridgehead atoms. The molecule has 138 valence electrons. The Morgan fingerprint density at radius 2 is 1.69 bits per heavy atom. The summed E-state index contributed by atoms with van der Waals surface area (Å²) in [5.41, 5.74) is 2.33. The predicted molar refractivity (Wildman–Crippen MR) is 108 cm³/mol. The van der Waals surface area contributed by atoms with Crippen LogP contribution in [0.1, 0.15) is 25.8 Å². The van der Waals surface area contributed by atoms with Crippen molar-refractivity contribution in [2.45, 2.75) is 32.1 Å². The summed E-state index contributed by atoms with van der Waals surface area (Å²) >= 11 is 0.213. The van der Waals surface area contributed by atoms with E-state index in [2.05, 4.69) is 43.1 Å². The molecule has 0 spiro atoms. The SMILES string of the molecule is Cc1ccc(S(=O)(=O)N2CCC(C)(C)/C(=C/[Se]c3ccccc3)C2)cc1. The third-order valence-electron chi connectivity index (χ3n) is 4.94. The van der Waals surface area contributed by atoms with Gasteiger partial charge < -0.3 is 0 Å². The van der Waals surface area contributed by atoms with Gasteiger partial charge in [-0.15, -0.1) is 0 Å². The van der Waals surface area contributed by atoms with Crippen molar-refractivity contribution in [2.24, 2.45) is 5.41 Å². The van der Waals surface area contributed by atoms with Crippen LogP contribution in [0.3, 0.4) is 0 Å². The molecule has 2 aromatic carbocycles. The first kappa shape index (κ1) is 19.4. The molecule has 26 heavy (non-hydrogen) atoms. The van der Waals surface area contributed by atoms with E-state index in [1.54, 1.807) is 16.4 Å². The fourth-order valence-electron chi connectivity index (χ4n) is 2.95. The van der Waals surface area contributed by atoms with Crippen LogP contribution in [0, 0.1) is 12.3 Å². The second-order valence-corrected chi connectivity index (χ2v) is 11.3. The Hall–Kier alpha value is -1.39. The molecular weight excluding hydrogens is 409 g/mol. The molecule has 0 N–H and O–H groups in total. The molecule has 5 heteroatoms. The van der Waals surface area contributed by atoms with E-state index in [-0.39, 0.29) is 20.4 Å². The van der Waals surface area contributed by atoms with Gasteiger partial charge in [-0.2, -0.15) is 0 Å². The Bertz CT molecular complexity index is 887. The molecular formula is C21H25NO2SSe. The maximum atomic E-state index is 13.0. The number of rotatable bonds is 4. The molecule has 1 aliphatic rings. The van der Waals surface area contributed by atoms with Gasteiger partial charge in [-0.3, -0.25) is 0 Å². The molecule has 0 amide bonds. The Labute approximate surface area is 163 Å². The van der Waals surface area contributed by atoms with Gasteiger partial charge in [0.25, 0.3) is 0 Å². The zero-order valence-corrected chi connectivity index (χ0v) is 18.0. The van der Waals surface area contributed by atoms with Crippen LogP contribution in [0.5, 0.6) is 0 Å². The number of benzene rings is 2. The predicted octanol–water partition coefficient (Wildman–Crippen LogP) is 3.33. The molecule has 3 nitrogen and oxygen atoms in total. The van der Waals surface area contributed by atoms with Gasteiger partial charge in [0.05, 0.1) is 0 Å². The fraction of sp³-hybridized carbons (Fsp3) is 0.333. The molecule has 0 unspecified atom stereocenters. The standard InChI is InChI=1S/C21H25NO2SSe/c1-17-9-11-19(12-10-17)25(23,24)22-14-13-21(2,3)18(15-22)16-26-20-7-5-4-6-8-20/h4-12,16H,13-15H2,1-3H3/b18-16+. The Kier molecular flexibility index (Phi) is 5.73. The van der Waals surface area contributed by atoms with E-state index in [1.165, 1.54) is 10.0 Å². The number of hydrogen-bond donors (Lipinski definition) is 0. The second-order valence-electron chi connectivity index (χ2n) is 7.36. The molecule has 0 aromatic heterocycles. The van der Waals surface area contributed by atoms with Crippen molar-refractivity contribution < 1.29 is 8.42 Å². The van der Waals surface area contributed by atoms with Crippen molar-refractivity contribution in [3.63, 3.8) is 0 Å². The van der Waals surface area contributed by atoms with Gasteiger partial charge in [0.2, 0.25) is 0 Å². The van der Waals surface area contributed by atoms with Gasteiger partial charge in [-0.1, -0.05) is 0 Å². The summed E-state index contributed by atoms with van der Waals surface area (Å²) in [6.07, 6.45) is 0.842. The first-order valence-electron chi connectivity index (χ1n) is 8.77. The van der Waals surface area contributed by atoms with Crippen LogP contribution in [0.4, 0.5) is 0 Å². The van der Waals surface area contributed by atoms with E-state index in [9.17, 15) is 8.42 Å². The van der Waals surface area contributed by atoms with Gasteiger partial charge in [-0.05, 0) is 0 Å². The van der Waals surface area contributed by atoms with E-state index in [1.807, 2.05) is 25.1 Å². The van der Waals surface area contributed by atoms with Crippen LogP contribution in [-0.4, -0.2) is 40.8 Å². The van der Waals surface area contributed by atoms with E-state index >= 15 is 0 Å². The van der Waals surface area contributed by atoms with Crippen LogP contribution < -0.4 is 4.46 Å². The monoisotopic (exact) mass is 435 g/mol. The molecule has 1 aliphatic heterocycles. The zero-order chi connectivity index (χ0) is 18.8. The summed E-state index contributed by atoms with van der Waals surface area (Å²) in [4.78, 5) is 2.66. The molecule has 0 saturated carbocycles. The van der Waals surface area contributed by atoms with Crippen molar-refractivity contribution in [2.75, 3.05) is 13.1 Å². The van der Waals surface area contributed by atoms with Gasteiger partial charge >= 0.3 is 163 Å². The van der Waals surface area contributed by atoms with Crippen molar-refractivity contribution in [1.29, 1.82) is 0 Å². The van der Waals surface area contributed by atoms with Crippen LogP contribution in [0.2, 0.25) is 0 Å². The first-order chi connectivity index (χ1) is 12.3. The molecule has 1 saturated heterocycles. The number of aryl methyl sites for hydroxylation is 1. The summed E-state index contributed by atoms with van der Waals surface area (Å²) < 4.78 is 29.0. The van der Waals surface area contributed by atoms with Crippen molar-refractivity contribution in [3.05, 3.63) is 70.7 Å². The Balaban J connectivity index is 1.84. The van der Waals surface area contributed by atoms with Gasteiger partial charge in [0, 0.05) is 0 Å². The minimum absolute atomic E-state index is 0.0375. The third kappa shape index (κ3) is 4.29. The average Bonchev–Trinajstić information content (AvgIpc) is 2.61. The molecule has 1 fully saturated rings. The summed E-state index contributed by atoms with van der Waals surface area (Å²) in [6.45, 7) is 7.45. The third-order valence-corrected chi connectivity index (χ3v) is 8.79. The minimum atomic E-state index is -3.45. The number of sulfonamides is 1. The van der Waals surface area contributed by atoms with E-state index in [4.69, 9.17) is 0 Å². The first-order valence-corrected chi connectivity index (χ1v) is 12.1. The summed E-state index contributed by atoms with van der Waals surface area (Å²) in [5, 5.41) is 0. The van der Waals surface area contributed by atoms with Gasteiger partial charge in [-0.25, -0.2) is 0 Å². The molecule has 1 heterocycles. The molecule has 2 aromatic rings. The molecule has 0 aliphatic carbocycles. The normalized spacial score (nSPS) is 19.6. The molecule has 0 radical (unpaired) electrons. The van der Waals surface area contributed by atoms with Crippen LogP contribution in [0.25, 0.3) is 0 Å². The van der Waals surface area contributed by atoms with Crippen LogP contribution >= 0.6 is 0 Å². The topological polar surface area (TPSA) is 37.4 Å². The van der Waals surface area contributed by atoms with Gasteiger partial charge in [0.15, 0.2) is 0 Å². The van der Waals surface area contributed by atoms with E-state index in [0.717, 1.165) is 12.0 Å². The van der Waals surface area contributed by atoms with E-state index < -0.39 is 10.0 Å². The van der Waals surface area contributed by atoms with Crippen LogP contribution in [-0.2, 0) is 10.0 Å². The summed E-state index contributed by atoms with van der Waals surface area (Å²) in [7, 11) is -3.45. The van der Waals surface area contributed by atoms with Crippen molar-refractivity contribution >= 4 is 29.4 Å². The molecule has 0 atom stereocenters. The number of nitrogens with zero attached hydrogens (tertiary/aromatic N) is 1. The molecule has 3 rings (SSSR count). The van der Waals surface area contributed by atoms with E-state index in [0.29, 0.717) is 18.0 Å². The zero-order valence-electron chi connectivity index (χ0n) is 15.5. The van der Waals surface area contributed by atoms with Crippen molar-refractivity contribution in [3.8, 4) is 0 Å². The van der Waals surface area contributed by atoms with Crippen LogP contribution in [0.15, 0.2) is 70.0 Å².